The lowest BCUT2D eigenvalue weighted by Gasteiger charge is -2.35. The van der Waals surface area contributed by atoms with E-state index in [1.54, 1.807) is 18.2 Å². The smallest absolute Gasteiger partial charge is 0.337 e. The Labute approximate surface area is 175 Å². The van der Waals surface area contributed by atoms with Gasteiger partial charge in [-0.25, -0.2) is 4.79 Å². The van der Waals surface area contributed by atoms with E-state index in [2.05, 4.69) is 36.1 Å². The first-order valence-electron chi connectivity index (χ1n) is 10.3. The average Bonchev–Trinajstić information content (AvgIpc) is 2.73. The quantitative estimate of drug-likeness (QED) is 0.607. The molecular formula is C24H26N2O4. The summed E-state index contributed by atoms with van der Waals surface area (Å²) in [6, 6.07) is 15.0. The maximum absolute atomic E-state index is 13.2. The Bertz CT molecular complexity index is 1110. The van der Waals surface area contributed by atoms with Crippen molar-refractivity contribution in [3.8, 4) is 5.75 Å². The summed E-state index contributed by atoms with van der Waals surface area (Å²) in [4.78, 5) is 29.4. The summed E-state index contributed by atoms with van der Waals surface area (Å²) >= 11 is 0. The molecule has 4 rings (SSSR count). The van der Waals surface area contributed by atoms with Crippen molar-refractivity contribution in [1.82, 2.24) is 9.80 Å². The SMILES string of the molecule is CCOc1ccc2c(C(=O)N3CCN(Cc4cccc(C)c4)CC3)cc(=O)oc2c1. The van der Waals surface area contributed by atoms with Gasteiger partial charge in [-0.1, -0.05) is 29.8 Å². The number of aryl methyl sites for hydroxylation is 1. The van der Waals surface area contributed by atoms with Crippen LogP contribution in [0.3, 0.4) is 0 Å². The summed E-state index contributed by atoms with van der Waals surface area (Å²) in [5.41, 5.74) is 2.76. The number of piperazine rings is 1. The second-order valence-electron chi connectivity index (χ2n) is 7.63. The van der Waals surface area contributed by atoms with Gasteiger partial charge in [0.2, 0.25) is 0 Å². The molecule has 0 radical (unpaired) electrons. The van der Waals surface area contributed by atoms with Crippen molar-refractivity contribution in [1.29, 1.82) is 0 Å². The van der Waals surface area contributed by atoms with Crippen molar-refractivity contribution in [3.63, 3.8) is 0 Å². The molecule has 1 aromatic heterocycles. The number of carbonyl (C=O) groups excluding carboxylic acids is 1. The van der Waals surface area contributed by atoms with Crippen LogP contribution in [0.1, 0.15) is 28.4 Å². The van der Waals surface area contributed by atoms with Gasteiger partial charge in [-0.05, 0) is 31.5 Å². The third kappa shape index (κ3) is 4.39. The average molecular weight is 406 g/mol. The molecule has 1 fully saturated rings. The molecule has 1 aliphatic heterocycles. The van der Waals surface area contributed by atoms with Gasteiger partial charge in [-0.3, -0.25) is 9.69 Å². The highest BCUT2D eigenvalue weighted by Gasteiger charge is 2.24. The highest BCUT2D eigenvalue weighted by atomic mass is 16.5. The fourth-order valence-corrected chi connectivity index (χ4v) is 3.92. The highest BCUT2D eigenvalue weighted by Crippen LogP contribution is 2.24. The lowest BCUT2D eigenvalue weighted by atomic mass is 10.1. The van der Waals surface area contributed by atoms with E-state index in [1.165, 1.54) is 17.2 Å². The van der Waals surface area contributed by atoms with Crippen LogP contribution in [0.25, 0.3) is 11.0 Å². The van der Waals surface area contributed by atoms with Crippen molar-refractivity contribution < 1.29 is 13.9 Å². The Morgan fingerprint density at radius 1 is 1.07 bits per heavy atom. The molecule has 0 spiro atoms. The Kier molecular flexibility index (Phi) is 5.86. The summed E-state index contributed by atoms with van der Waals surface area (Å²) in [5, 5.41) is 0.630. The summed E-state index contributed by atoms with van der Waals surface area (Å²) in [6.45, 7) is 8.23. The van der Waals surface area contributed by atoms with E-state index >= 15 is 0 Å². The fraction of sp³-hybridized carbons (Fsp3) is 0.333. The lowest BCUT2D eigenvalue weighted by molar-refractivity contribution is 0.0629. The number of fused-ring (bicyclic) bond motifs is 1. The minimum atomic E-state index is -0.530. The molecule has 3 aromatic rings. The van der Waals surface area contributed by atoms with E-state index in [4.69, 9.17) is 9.15 Å². The summed E-state index contributed by atoms with van der Waals surface area (Å²) in [6.07, 6.45) is 0. The van der Waals surface area contributed by atoms with Gasteiger partial charge in [-0.2, -0.15) is 0 Å². The molecule has 1 aliphatic rings. The topological polar surface area (TPSA) is 63.0 Å². The van der Waals surface area contributed by atoms with E-state index in [9.17, 15) is 9.59 Å². The number of ether oxygens (including phenoxy) is 1. The Morgan fingerprint density at radius 2 is 1.87 bits per heavy atom. The predicted molar refractivity (Wildman–Crippen MR) is 116 cm³/mol. The molecule has 0 bridgehead atoms. The number of hydrogen-bond donors (Lipinski definition) is 0. The van der Waals surface area contributed by atoms with Crippen molar-refractivity contribution in [2.45, 2.75) is 20.4 Å². The van der Waals surface area contributed by atoms with Crippen LogP contribution in [0.4, 0.5) is 0 Å². The second kappa shape index (κ2) is 8.71. The van der Waals surface area contributed by atoms with Gasteiger partial charge >= 0.3 is 5.63 Å². The number of amides is 1. The molecule has 6 nitrogen and oxygen atoms in total. The maximum atomic E-state index is 13.2. The van der Waals surface area contributed by atoms with Crippen LogP contribution in [0, 0.1) is 6.92 Å². The van der Waals surface area contributed by atoms with Crippen molar-refractivity contribution in [2.24, 2.45) is 0 Å². The third-order valence-electron chi connectivity index (χ3n) is 5.41. The van der Waals surface area contributed by atoms with Crippen molar-refractivity contribution in [2.75, 3.05) is 32.8 Å². The molecule has 2 heterocycles. The van der Waals surface area contributed by atoms with Gasteiger partial charge in [0.1, 0.15) is 11.3 Å². The molecule has 1 saturated heterocycles. The molecule has 6 heteroatoms. The summed E-state index contributed by atoms with van der Waals surface area (Å²) < 4.78 is 10.8. The van der Waals surface area contributed by atoms with Crippen LogP contribution < -0.4 is 10.4 Å². The van der Waals surface area contributed by atoms with Crippen LogP contribution >= 0.6 is 0 Å². The first kappa shape index (κ1) is 20.2. The fourth-order valence-electron chi connectivity index (χ4n) is 3.92. The molecule has 0 atom stereocenters. The van der Waals surface area contributed by atoms with Gasteiger partial charge in [0.25, 0.3) is 5.91 Å². The van der Waals surface area contributed by atoms with Crippen LogP contribution in [0.2, 0.25) is 0 Å². The number of nitrogens with zero attached hydrogens (tertiary/aromatic N) is 2. The summed E-state index contributed by atoms with van der Waals surface area (Å²) in [7, 11) is 0. The summed E-state index contributed by atoms with van der Waals surface area (Å²) in [5.74, 6) is 0.481. The van der Waals surface area contributed by atoms with Gasteiger partial charge in [0.15, 0.2) is 0 Å². The number of carbonyl (C=O) groups is 1. The molecule has 2 aromatic carbocycles. The van der Waals surface area contributed by atoms with Gasteiger partial charge in [-0.15, -0.1) is 0 Å². The van der Waals surface area contributed by atoms with Crippen LogP contribution in [-0.4, -0.2) is 48.5 Å². The second-order valence-corrected chi connectivity index (χ2v) is 7.63. The highest BCUT2D eigenvalue weighted by molar-refractivity contribution is 6.05. The van der Waals surface area contributed by atoms with E-state index in [0.717, 1.165) is 19.6 Å². The van der Waals surface area contributed by atoms with Gasteiger partial charge in [0, 0.05) is 50.2 Å². The van der Waals surface area contributed by atoms with Crippen molar-refractivity contribution in [3.05, 3.63) is 75.6 Å². The minimum Gasteiger partial charge on any atom is -0.494 e. The number of hydrogen-bond acceptors (Lipinski definition) is 5. The van der Waals surface area contributed by atoms with E-state index in [0.29, 0.717) is 42.0 Å². The first-order chi connectivity index (χ1) is 14.5. The van der Waals surface area contributed by atoms with E-state index in [1.807, 2.05) is 11.8 Å². The third-order valence-corrected chi connectivity index (χ3v) is 5.41. The van der Waals surface area contributed by atoms with Gasteiger partial charge in [0.05, 0.1) is 12.2 Å². The molecular weight excluding hydrogens is 380 g/mol. The molecule has 156 valence electrons. The molecule has 0 unspecified atom stereocenters. The molecule has 0 aliphatic carbocycles. The standard InChI is InChI=1S/C24H26N2O4/c1-3-29-19-7-8-20-21(15-23(27)30-22(20)14-19)24(28)26-11-9-25(10-12-26)16-18-6-4-5-17(2)13-18/h4-8,13-15H,3,9-12,16H2,1-2H3. The Hall–Kier alpha value is -3.12. The Morgan fingerprint density at radius 3 is 2.60 bits per heavy atom. The van der Waals surface area contributed by atoms with E-state index in [-0.39, 0.29) is 5.91 Å². The maximum Gasteiger partial charge on any atom is 0.337 e. The Balaban J connectivity index is 1.49. The first-order valence-corrected chi connectivity index (χ1v) is 10.3. The minimum absolute atomic E-state index is 0.132. The normalized spacial score (nSPS) is 14.8. The number of benzene rings is 2. The van der Waals surface area contributed by atoms with Crippen LogP contribution in [0.5, 0.6) is 5.75 Å². The molecule has 0 saturated carbocycles. The van der Waals surface area contributed by atoms with Gasteiger partial charge < -0.3 is 14.1 Å². The number of rotatable bonds is 5. The zero-order chi connectivity index (χ0) is 21.1. The molecule has 0 N–H and O–H groups in total. The van der Waals surface area contributed by atoms with Crippen LogP contribution in [0.15, 0.2) is 57.7 Å². The van der Waals surface area contributed by atoms with E-state index < -0.39 is 5.63 Å². The zero-order valence-corrected chi connectivity index (χ0v) is 17.4. The largest absolute Gasteiger partial charge is 0.494 e. The molecule has 1 amide bonds. The zero-order valence-electron chi connectivity index (χ0n) is 17.4. The predicted octanol–water partition coefficient (Wildman–Crippen LogP) is 3.46. The monoisotopic (exact) mass is 406 g/mol. The van der Waals surface area contributed by atoms with Crippen LogP contribution in [-0.2, 0) is 6.54 Å². The van der Waals surface area contributed by atoms with Crippen molar-refractivity contribution >= 4 is 16.9 Å². The lowest BCUT2D eigenvalue weighted by Crippen LogP contribution is -2.48. The molecule has 30 heavy (non-hydrogen) atoms.